The van der Waals surface area contributed by atoms with Gasteiger partial charge < -0.3 is 15.6 Å². The van der Waals surface area contributed by atoms with Gasteiger partial charge in [-0.1, -0.05) is 12.1 Å². The first-order chi connectivity index (χ1) is 13.0. The van der Waals surface area contributed by atoms with Crippen molar-refractivity contribution in [1.82, 2.24) is 25.5 Å². The van der Waals surface area contributed by atoms with Gasteiger partial charge in [0.15, 0.2) is 0 Å². The molecule has 1 saturated carbocycles. The summed E-state index contributed by atoms with van der Waals surface area (Å²) in [7, 11) is 0. The summed E-state index contributed by atoms with van der Waals surface area (Å²) in [5, 5.41) is 5.52. The van der Waals surface area contributed by atoms with Crippen LogP contribution in [0.25, 0.3) is 11.0 Å². The minimum Gasteiger partial charge on any atom is -0.355 e. The van der Waals surface area contributed by atoms with E-state index in [1.165, 1.54) is 0 Å². The number of carbonyl (C=O) groups is 3. The number of hydrogen-bond donors (Lipinski definition) is 3. The first-order valence-electron chi connectivity index (χ1n) is 9.32. The molecule has 4 rings (SSSR count). The van der Waals surface area contributed by atoms with Crippen molar-refractivity contribution in [2.75, 3.05) is 13.1 Å². The summed E-state index contributed by atoms with van der Waals surface area (Å²) in [6.07, 6.45) is 3.29. The van der Waals surface area contributed by atoms with E-state index in [2.05, 4.69) is 20.6 Å². The van der Waals surface area contributed by atoms with Crippen LogP contribution in [-0.4, -0.2) is 51.3 Å². The Labute approximate surface area is 156 Å². The van der Waals surface area contributed by atoms with Gasteiger partial charge in [0.05, 0.1) is 11.0 Å². The molecule has 1 aliphatic heterocycles. The molecule has 8 heteroatoms. The number of imidazole rings is 1. The van der Waals surface area contributed by atoms with E-state index in [0.717, 1.165) is 34.6 Å². The zero-order valence-electron chi connectivity index (χ0n) is 15.2. The van der Waals surface area contributed by atoms with Crippen LogP contribution in [-0.2, 0) is 16.0 Å². The quantitative estimate of drug-likeness (QED) is 0.505. The molecule has 1 aromatic carbocycles. The molecule has 142 valence electrons. The Hall–Kier alpha value is -2.90. The Kier molecular flexibility index (Phi) is 4.33. The van der Waals surface area contributed by atoms with Gasteiger partial charge in [0.1, 0.15) is 17.9 Å². The van der Waals surface area contributed by atoms with Crippen LogP contribution in [0, 0.1) is 5.92 Å². The Balaban J connectivity index is 1.24. The fourth-order valence-electron chi connectivity index (χ4n) is 3.60. The molecule has 2 fully saturated rings. The molecule has 1 atom stereocenters. The highest BCUT2D eigenvalue weighted by Gasteiger charge is 2.56. The highest BCUT2D eigenvalue weighted by Crippen LogP contribution is 2.42. The van der Waals surface area contributed by atoms with Crippen molar-refractivity contribution in [1.29, 1.82) is 0 Å². The summed E-state index contributed by atoms with van der Waals surface area (Å²) in [5.74, 6) is 0.432. The lowest BCUT2D eigenvalue weighted by atomic mass is 9.96. The fourth-order valence-corrected chi connectivity index (χ4v) is 3.60. The molecule has 2 aliphatic rings. The van der Waals surface area contributed by atoms with Crippen molar-refractivity contribution in [3.63, 3.8) is 0 Å². The van der Waals surface area contributed by atoms with E-state index >= 15 is 0 Å². The minimum atomic E-state index is -0.849. The molecule has 2 aromatic rings. The number of amides is 4. The van der Waals surface area contributed by atoms with Crippen molar-refractivity contribution in [2.24, 2.45) is 5.92 Å². The normalized spacial score (nSPS) is 22.3. The average molecular weight is 369 g/mol. The maximum Gasteiger partial charge on any atom is 0.325 e. The number of aryl methyl sites for hydroxylation is 1. The molecule has 0 spiro atoms. The number of rotatable bonds is 7. The third-order valence-electron chi connectivity index (χ3n) is 5.35. The number of aromatic nitrogens is 2. The lowest BCUT2D eigenvalue weighted by molar-refractivity contribution is -0.135. The number of urea groups is 1. The number of nitrogens with zero attached hydrogens (tertiary/aromatic N) is 2. The van der Waals surface area contributed by atoms with E-state index in [9.17, 15) is 14.4 Å². The number of aromatic amines is 1. The molecule has 27 heavy (non-hydrogen) atoms. The Morgan fingerprint density at radius 2 is 2.11 bits per heavy atom. The second-order valence-corrected chi connectivity index (χ2v) is 7.45. The van der Waals surface area contributed by atoms with Gasteiger partial charge in [-0.3, -0.25) is 14.5 Å². The van der Waals surface area contributed by atoms with E-state index in [1.54, 1.807) is 6.92 Å². The number of H-pyrrole nitrogens is 1. The Morgan fingerprint density at radius 3 is 2.85 bits per heavy atom. The molecule has 4 amide bonds. The van der Waals surface area contributed by atoms with Gasteiger partial charge in [0.25, 0.3) is 5.91 Å². The van der Waals surface area contributed by atoms with Crippen LogP contribution in [0.5, 0.6) is 0 Å². The zero-order chi connectivity index (χ0) is 19.0. The number of fused-ring (bicyclic) bond motifs is 1. The van der Waals surface area contributed by atoms with Crippen LogP contribution in [0.4, 0.5) is 4.79 Å². The summed E-state index contributed by atoms with van der Waals surface area (Å²) >= 11 is 0. The van der Waals surface area contributed by atoms with E-state index < -0.39 is 11.6 Å². The SMILES string of the molecule is CC1(C2CC2)NC(=O)N(CC(=O)NCCCc2nc3ccccc3[nH]2)C1=O. The van der Waals surface area contributed by atoms with Crippen LogP contribution in [0.3, 0.4) is 0 Å². The van der Waals surface area contributed by atoms with Gasteiger partial charge in [0, 0.05) is 13.0 Å². The van der Waals surface area contributed by atoms with Gasteiger partial charge in [-0.25, -0.2) is 9.78 Å². The smallest absolute Gasteiger partial charge is 0.325 e. The molecule has 1 aliphatic carbocycles. The number of nitrogens with one attached hydrogen (secondary N) is 3. The lowest BCUT2D eigenvalue weighted by Crippen LogP contribution is -2.47. The predicted molar refractivity (Wildman–Crippen MR) is 98.8 cm³/mol. The van der Waals surface area contributed by atoms with Crippen molar-refractivity contribution in [3.8, 4) is 0 Å². The number of hydrogen-bond acceptors (Lipinski definition) is 4. The average Bonchev–Trinajstić information content (AvgIpc) is 3.38. The molecule has 8 nitrogen and oxygen atoms in total. The maximum atomic E-state index is 12.5. The predicted octanol–water partition coefficient (Wildman–Crippen LogP) is 1.33. The molecule has 0 radical (unpaired) electrons. The van der Waals surface area contributed by atoms with Crippen molar-refractivity contribution in [3.05, 3.63) is 30.1 Å². The largest absolute Gasteiger partial charge is 0.355 e. The monoisotopic (exact) mass is 369 g/mol. The first kappa shape index (κ1) is 17.5. The lowest BCUT2D eigenvalue weighted by Gasteiger charge is -2.20. The third kappa shape index (κ3) is 3.39. The van der Waals surface area contributed by atoms with E-state index in [4.69, 9.17) is 0 Å². The molecule has 1 saturated heterocycles. The van der Waals surface area contributed by atoms with Crippen molar-refractivity contribution < 1.29 is 14.4 Å². The van der Waals surface area contributed by atoms with Gasteiger partial charge in [-0.2, -0.15) is 0 Å². The molecule has 0 bridgehead atoms. The highest BCUT2D eigenvalue weighted by atomic mass is 16.2. The van der Waals surface area contributed by atoms with Gasteiger partial charge in [-0.15, -0.1) is 0 Å². The summed E-state index contributed by atoms with van der Waals surface area (Å²) in [6.45, 7) is 1.97. The molecule has 1 unspecified atom stereocenters. The number of imide groups is 1. The van der Waals surface area contributed by atoms with Gasteiger partial charge in [-0.05, 0) is 44.2 Å². The molecular formula is C19H23N5O3. The molecule has 3 N–H and O–H groups in total. The molecular weight excluding hydrogens is 346 g/mol. The number of benzene rings is 1. The van der Waals surface area contributed by atoms with Crippen LogP contribution in [0.1, 0.15) is 32.0 Å². The maximum absolute atomic E-state index is 12.5. The van der Waals surface area contributed by atoms with Crippen LogP contribution in [0.15, 0.2) is 24.3 Å². The number of carbonyl (C=O) groups excluding carboxylic acids is 3. The van der Waals surface area contributed by atoms with E-state index in [1.807, 2.05) is 24.3 Å². The van der Waals surface area contributed by atoms with Gasteiger partial charge in [0.2, 0.25) is 5.91 Å². The number of para-hydroxylation sites is 2. The topological polar surface area (TPSA) is 107 Å². The second-order valence-electron chi connectivity index (χ2n) is 7.45. The summed E-state index contributed by atoms with van der Waals surface area (Å²) in [5.41, 5.74) is 1.07. The van der Waals surface area contributed by atoms with Crippen LogP contribution < -0.4 is 10.6 Å². The summed E-state index contributed by atoms with van der Waals surface area (Å²) < 4.78 is 0. The van der Waals surface area contributed by atoms with Crippen LogP contribution >= 0.6 is 0 Å². The second kappa shape index (κ2) is 6.68. The Morgan fingerprint density at radius 1 is 1.33 bits per heavy atom. The fraction of sp³-hybridized carbons (Fsp3) is 0.474. The first-order valence-corrected chi connectivity index (χ1v) is 9.32. The summed E-state index contributed by atoms with van der Waals surface area (Å²) in [4.78, 5) is 45.5. The summed E-state index contributed by atoms with van der Waals surface area (Å²) in [6, 6.07) is 7.34. The van der Waals surface area contributed by atoms with Crippen molar-refractivity contribution in [2.45, 2.75) is 38.1 Å². The zero-order valence-corrected chi connectivity index (χ0v) is 15.2. The minimum absolute atomic E-state index is 0.186. The third-order valence-corrected chi connectivity index (χ3v) is 5.35. The molecule has 2 heterocycles. The Bertz CT molecular complexity index is 871. The standard InChI is InChI=1S/C19H23N5O3/c1-19(12-8-9-12)17(26)24(18(27)23-19)11-16(25)20-10-4-7-15-21-13-5-2-3-6-14(13)22-15/h2-3,5-6,12H,4,7-11H2,1H3,(H,20,25)(H,21,22)(H,23,27). The van der Waals surface area contributed by atoms with E-state index in [-0.39, 0.29) is 24.3 Å². The van der Waals surface area contributed by atoms with E-state index in [0.29, 0.717) is 19.4 Å². The van der Waals surface area contributed by atoms with Crippen LogP contribution in [0.2, 0.25) is 0 Å². The van der Waals surface area contributed by atoms with Crippen molar-refractivity contribution >= 4 is 28.9 Å². The molecule has 1 aromatic heterocycles. The van der Waals surface area contributed by atoms with Gasteiger partial charge >= 0.3 is 6.03 Å². The highest BCUT2D eigenvalue weighted by molar-refractivity contribution is 6.09.